The van der Waals surface area contributed by atoms with Crippen molar-refractivity contribution in [1.29, 1.82) is 0 Å². The van der Waals surface area contributed by atoms with Crippen molar-refractivity contribution >= 4 is 32.7 Å². The first-order chi connectivity index (χ1) is 7.77. The van der Waals surface area contributed by atoms with Crippen LogP contribution in [0.15, 0.2) is 16.9 Å². The first kappa shape index (κ1) is 10.1. The minimum absolute atomic E-state index is 0.501. The second kappa shape index (κ2) is 3.73. The second-order valence-corrected chi connectivity index (χ2v) is 5.17. The summed E-state index contributed by atoms with van der Waals surface area (Å²) >= 11 is 3.55. The lowest BCUT2D eigenvalue weighted by Crippen LogP contribution is -2.03. The molecule has 1 aliphatic rings. The molecule has 0 amide bonds. The fraction of sp³-hybridized carbons (Fsp3) is 0.455. The molecule has 2 aromatic rings. The average Bonchev–Trinajstić information content (AvgIpc) is 2.86. The molecule has 0 atom stereocenters. The molecule has 5 heteroatoms. The predicted molar refractivity (Wildman–Crippen MR) is 67.1 cm³/mol. The zero-order valence-electron chi connectivity index (χ0n) is 8.86. The summed E-state index contributed by atoms with van der Waals surface area (Å²) in [7, 11) is 0. The molecular formula is C11H13BrN4. The third-order valence-corrected chi connectivity index (χ3v) is 3.95. The highest BCUT2D eigenvalue weighted by atomic mass is 79.9. The molecule has 2 heterocycles. The van der Waals surface area contributed by atoms with Crippen molar-refractivity contribution in [2.45, 2.75) is 31.7 Å². The Morgan fingerprint density at radius 2 is 2.12 bits per heavy atom. The maximum Gasteiger partial charge on any atom is 0.156 e. The van der Waals surface area contributed by atoms with Gasteiger partial charge < -0.3 is 10.3 Å². The number of anilines is 1. The lowest BCUT2D eigenvalue weighted by atomic mass is 10.2. The summed E-state index contributed by atoms with van der Waals surface area (Å²) in [4.78, 5) is 0. The molecule has 2 aromatic heterocycles. The van der Waals surface area contributed by atoms with E-state index in [-0.39, 0.29) is 0 Å². The number of rotatable bonds is 1. The zero-order chi connectivity index (χ0) is 11.1. The van der Waals surface area contributed by atoms with Crippen LogP contribution < -0.4 is 5.73 Å². The third-order valence-electron chi connectivity index (χ3n) is 3.35. The zero-order valence-corrected chi connectivity index (χ0v) is 10.4. The van der Waals surface area contributed by atoms with E-state index in [1.54, 1.807) is 6.20 Å². The van der Waals surface area contributed by atoms with Gasteiger partial charge in [-0.25, -0.2) is 0 Å². The standard InChI is InChI=1S/C11H13BrN4/c12-8-6-16(7-3-1-2-4-7)9-5-14-15-11(13)10(8)9/h5-7H,1-4H2,(H2,13,15). The molecule has 1 aliphatic carbocycles. The number of nitrogens with zero attached hydrogens (tertiary/aromatic N) is 3. The third kappa shape index (κ3) is 1.42. The van der Waals surface area contributed by atoms with Crippen LogP contribution in [0, 0.1) is 0 Å². The van der Waals surface area contributed by atoms with Gasteiger partial charge in [0.1, 0.15) is 0 Å². The van der Waals surface area contributed by atoms with E-state index in [1.807, 2.05) is 0 Å². The minimum Gasteiger partial charge on any atom is -0.382 e. The molecule has 4 nitrogen and oxygen atoms in total. The molecule has 0 aliphatic heterocycles. The number of nitrogens with two attached hydrogens (primary N) is 1. The van der Waals surface area contributed by atoms with Gasteiger partial charge in [-0.15, -0.1) is 5.10 Å². The summed E-state index contributed by atoms with van der Waals surface area (Å²) in [5.74, 6) is 0.501. The molecule has 16 heavy (non-hydrogen) atoms. The van der Waals surface area contributed by atoms with Gasteiger partial charge >= 0.3 is 0 Å². The van der Waals surface area contributed by atoms with Gasteiger partial charge in [-0.1, -0.05) is 12.8 Å². The Morgan fingerprint density at radius 3 is 2.88 bits per heavy atom. The van der Waals surface area contributed by atoms with Gasteiger partial charge in [0.05, 0.1) is 17.1 Å². The summed E-state index contributed by atoms with van der Waals surface area (Å²) in [5, 5.41) is 8.82. The van der Waals surface area contributed by atoms with Gasteiger partial charge in [-0.3, -0.25) is 0 Å². The fourth-order valence-electron chi connectivity index (χ4n) is 2.57. The summed E-state index contributed by atoms with van der Waals surface area (Å²) in [6.45, 7) is 0. The molecule has 0 radical (unpaired) electrons. The van der Waals surface area contributed by atoms with Crippen LogP contribution >= 0.6 is 15.9 Å². The number of nitrogen functional groups attached to an aromatic ring is 1. The first-order valence-corrected chi connectivity index (χ1v) is 6.34. The van der Waals surface area contributed by atoms with E-state index in [2.05, 4.69) is 36.9 Å². The number of hydrogen-bond donors (Lipinski definition) is 1. The molecule has 0 bridgehead atoms. The Labute approximate surface area is 102 Å². The maximum absolute atomic E-state index is 5.85. The lowest BCUT2D eigenvalue weighted by molar-refractivity contribution is 0.534. The van der Waals surface area contributed by atoms with Gasteiger partial charge in [-0.2, -0.15) is 5.10 Å². The van der Waals surface area contributed by atoms with Crippen molar-refractivity contribution in [2.24, 2.45) is 0 Å². The van der Waals surface area contributed by atoms with E-state index in [4.69, 9.17) is 5.73 Å². The van der Waals surface area contributed by atoms with Crippen molar-refractivity contribution < 1.29 is 0 Å². The molecule has 0 aromatic carbocycles. The summed E-state index contributed by atoms with van der Waals surface area (Å²) < 4.78 is 3.30. The highest BCUT2D eigenvalue weighted by molar-refractivity contribution is 9.10. The Balaban J connectivity index is 2.22. The summed E-state index contributed by atoms with van der Waals surface area (Å²) in [6.07, 6.45) is 9.04. The molecule has 0 unspecified atom stereocenters. The van der Waals surface area contributed by atoms with Crippen LogP contribution in [0.5, 0.6) is 0 Å². The Hall–Kier alpha value is -1.10. The van der Waals surface area contributed by atoms with E-state index < -0.39 is 0 Å². The van der Waals surface area contributed by atoms with Crippen LogP contribution in [0.2, 0.25) is 0 Å². The number of hydrogen-bond acceptors (Lipinski definition) is 3. The SMILES string of the molecule is Nc1nncc2c1c(Br)cn2C1CCCC1. The van der Waals surface area contributed by atoms with Gasteiger partial charge in [-0.05, 0) is 28.8 Å². The normalized spacial score (nSPS) is 17.3. The molecular weight excluding hydrogens is 268 g/mol. The monoisotopic (exact) mass is 280 g/mol. The van der Waals surface area contributed by atoms with Gasteiger partial charge in [0.25, 0.3) is 0 Å². The van der Waals surface area contributed by atoms with Gasteiger partial charge in [0, 0.05) is 16.7 Å². The van der Waals surface area contributed by atoms with Gasteiger partial charge in [0.15, 0.2) is 5.82 Å². The van der Waals surface area contributed by atoms with Crippen molar-refractivity contribution in [3.63, 3.8) is 0 Å². The van der Waals surface area contributed by atoms with Crippen molar-refractivity contribution in [3.05, 3.63) is 16.9 Å². The Kier molecular flexibility index (Phi) is 2.35. The minimum atomic E-state index is 0.501. The van der Waals surface area contributed by atoms with Gasteiger partial charge in [0.2, 0.25) is 0 Å². The smallest absolute Gasteiger partial charge is 0.156 e. The van der Waals surface area contributed by atoms with E-state index in [0.717, 1.165) is 15.4 Å². The van der Waals surface area contributed by atoms with Crippen molar-refractivity contribution in [3.8, 4) is 0 Å². The molecule has 3 rings (SSSR count). The fourth-order valence-corrected chi connectivity index (χ4v) is 3.20. The number of halogens is 1. The van der Waals surface area contributed by atoms with Crippen LogP contribution in [0.25, 0.3) is 10.9 Å². The molecule has 84 valence electrons. The number of fused-ring (bicyclic) bond motifs is 1. The van der Waals surface area contributed by atoms with Crippen molar-refractivity contribution in [2.75, 3.05) is 5.73 Å². The topological polar surface area (TPSA) is 56.7 Å². The average molecular weight is 281 g/mol. The van der Waals surface area contributed by atoms with Crippen LogP contribution in [0.4, 0.5) is 5.82 Å². The number of aromatic nitrogens is 3. The molecule has 0 spiro atoms. The van der Waals surface area contributed by atoms with Crippen LogP contribution in [0.1, 0.15) is 31.7 Å². The largest absolute Gasteiger partial charge is 0.382 e. The predicted octanol–water partition coefficient (Wildman–Crippen LogP) is 2.89. The van der Waals surface area contributed by atoms with Crippen LogP contribution in [-0.2, 0) is 0 Å². The van der Waals surface area contributed by atoms with Crippen molar-refractivity contribution in [1.82, 2.24) is 14.8 Å². The van der Waals surface area contributed by atoms with E-state index in [1.165, 1.54) is 25.7 Å². The Bertz CT molecular complexity index is 528. The lowest BCUT2D eigenvalue weighted by Gasteiger charge is -2.12. The molecule has 1 fully saturated rings. The van der Waals surface area contributed by atoms with Crippen LogP contribution in [-0.4, -0.2) is 14.8 Å². The quantitative estimate of drug-likeness (QED) is 0.874. The molecule has 1 saturated carbocycles. The summed E-state index contributed by atoms with van der Waals surface area (Å²) in [6, 6.07) is 0.595. The first-order valence-electron chi connectivity index (χ1n) is 5.54. The Morgan fingerprint density at radius 1 is 1.38 bits per heavy atom. The maximum atomic E-state index is 5.85. The molecule has 2 N–H and O–H groups in total. The van der Waals surface area contributed by atoms with E-state index in [0.29, 0.717) is 11.9 Å². The summed E-state index contributed by atoms with van der Waals surface area (Å²) in [5.41, 5.74) is 6.94. The highest BCUT2D eigenvalue weighted by Gasteiger charge is 2.20. The van der Waals surface area contributed by atoms with Crippen LogP contribution in [0.3, 0.4) is 0 Å². The molecule has 0 saturated heterocycles. The highest BCUT2D eigenvalue weighted by Crippen LogP contribution is 2.36. The van der Waals surface area contributed by atoms with E-state index >= 15 is 0 Å². The second-order valence-electron chi connectivity index (χ2n) is 4.31. The van der Waals surface area contributed by atoms with E-state index in [9.17, 15) is 0 Å².